The van der Waals surface area contributed by atoms with Crippen molar-refractivity contribution < 1.29 is 14.6 Å². The van der Waals surface area contributed by atoms with E-state index in [1.54, 1.807) is 11.1 Å². The third-order valence-electron chi connectivity index (χ3n) is 4.39. The molecule has 0 unspecified atom stereocenters. The average Bonchev–Trinajstić information content (AvgIpc) is 2.53. The van der Waals surface area contributed by atoms with Gasteiger partial charge in [-0.05, 0) is 51.3 Å². The van der Waals surface area contributed by atoms with Crippen LogP contribution < -0.4 is 0 Å². The van der Waals surface area contributed by atoms with Crippen molar-refractivity contribution >= 4 is 17.0 Å². The van der Waals surface area contributed by atoms with Crippen molar-refractivity contribution in [3.63, 3.8) is 0 Å². The molecule has 1 amide bonds. The summed E-state index contributed by atoms with van der Waals surface area (Å²) in [6.45, 7) is 6.51. The molecule has 1 aromatic heterocycles. The summed E-state index contributed by atoms with van der Waals surface area (Å²) in [7, 11) is 0. The van der Waals surface area contributed by atoms with Gasteiger partial charge in [-0.1, -0.05) is 18.2 Å². The molecule has 1 fully saturated rings. The number of nitrogens with zero attached hydrogens (tertiary/aromatic N) is 2. The number of rotatable bonds is 1. The van der Waals surface area contributed by atoms with Crippen molar-refractivity contribution in [2.45, 2.75) is 44.8 Å². The number of benzene rings is 1. The van der Waals surface area contributed by atoms with Gasteiger partial charge in [0.25, 0.3) is 0 Å². The molecule has 128 valence electrons. The van der Waals surface area contributed by atoms with Crippen LogP contribution >= 0.6 is 0 Å². The number of piperidine rings is 1. The van der Waals surface area contributed by atoms with Crippen molar-refractivity contribution in [1.29, 1.82) is 0 Å². The number of carbonyl (C=O) groups is 1. The Kier molecular flexibility index (Phi) is 4.22. The molecule has 1 N–H and O–H groups in total. The monoisotopic (exact) mass is 328 g/mol. The van der Waals surface area contributed by atoms with E-state index in [0.717, 1.165) is 16.5 Å². The number of aromatic nitrogens is 1. The minimum atomic E-state index is -0.943. The van der Waals surface area contributed by atoms with Gasteiger partial charge in [-0.2, -0.15) is 0 Å². The molecule has 5 nitrogen and oxygen atoms in total. The number of ether oxygens (including phenoxy) is 1. The Bertz CT molecular complexity index is 738. The van der Waals surface area contributed by atoms with Crippen LogP contribution in [0.5, 0.6) is 0 Å². The Morgan fingerprint density at radius 3 is 2.58 bits per heavy atom. The molecule has 3 rings (SSSR count). The highest BCUT2D eigenvalue weighted by atomic mass is 16.6. The molecule has 0 saturated carbocycles. The van der Waals surface area contributed by atoms with E-state index in [0.29, 0.717) is 25.9 Å². The lowest BCUT2D eigenvalue weighted by Crippen LogP contribution is -2.46. The smallest absolute Gasteiger partial charge is 0.410 e. The van der Waals surface area contributed by atoms with Crippen molar-refractivity contribution in [1.82, 2.24) is 9.88 Å². The Morgan fingerprint density at radius 2 is 1.92 bits per heavy atom. The Morgan fingerprint density at radius 1 is 1.21 bits per heavy atom. The number of fused-ring (bicyclic) bond motifs is 1. The highest BCUT2D eigenvalue weighted by molar-refractivity contribution is 5.83. The highest BCUT2D eigenvalue weighted by Crippen LogP contribution is 2.36. The molecule has 0 spiro atoms. The van der Waals surface area contributed by atoms with E-state index in [9.17, 15) is 9.90 Å². The fraction of sp³-hybridized carbons (Fsp3) is 0.474. The maximum absolute atomic E-state index is 12.2. The molecule has 2 heterocycles. The summed E-state index contributed by atoms with van der Waals surface area (Å²) in [4.78, 5) is 18.2. The lowest BCUT2D eigenvalue weighted by molar-refractivity contribution is -0.0347. The predicted octanol–water partition coefficient (Wildman–Crippen LogP) is 3.45. The van der Waals surface area contributed by atoms with Gasteiger partial charge in [0, 0.05) is 24.7 Å². The largest absolute Gasteiger partial charge is 0.444 e. The van der Waals surface area contributed by atoms with Crippen LogP contribution in [0.1, 0.15) is 39.2 Å². The summed E-state index contributed by atoms with van der Waals surface area (Å²) < 4.78 is 5.42. The highest BCUT2D eigenvalue weighted by Gasteiger charge is 2.37. The van der Waals surface area contributed by atoms with Gasteiger partial charge in [-0.15, -0.1) is 0 Å². The lowest BCUT2D eigenvalue weighted by Gasteiger charge is -2.39. The molecular formula is C19H24N2O3. The van der Waals surface area contributed by atoms with Gasteiger partial charge >= 0.3 is 6.09 Å². The summed E-state index contributed by atoms with van der Waals surface area (Å²) in [5, 5.41) is 12.1. The lowest BCUT2D eigenvalue weighted by atomic mass is 9.82. The minimum Gasteiger partial charge on any atom is -0.444 e. The van der Waals surface area contributed by atoms with Crippen LogP contribution in [0.15, 0.2) is 36.5 Å². The minimum absolute atomic E-state index is 0.316. The van der Waals surface area contributed by atoms with E-state index >= 15 is 0 Å². The molecule has 0 bridgehead atoms. The van der Waals surface area contributed by atoms with E-state index in [1.165, 1.54) is 0 Å². The molecule has 0 aliphatic carbocycles. The number of likely N-dealkylation sites (tertiary alicyclic amines) is 1. The average molecular weight is 328 g/mol. The quantitative estimate of drug-likeness (QED) is 0.871. The molecule has 1 aliphatic rings. The number of pyridine rings is 1. The zero-order chi connectivity index (χ0) is 17.4. The van der Waals surface area contributed by atoms with Gasteiger partial charge in [0.1, 0.15) is 5.60 Å². The van der Waals surface area contributed by atoms with Crippen LogP contribution in [0, 0.1) is 0 Å². The fourth-order valence-corrected chi connectivity index (χ4v) is 3.16. The Balaban J connectivity index is 1.78. The first-order valence-electron chi connectivity index (χ1n) is 8.33. The van der Waals surface area contributed by atoms with Crippen LogP contribution in [-0.4, -0.2) is 39.8 Å². The van der Waals surface area contributed by atoms with Crippen LogP contribution in [0.25, 0.3) is 10.9 Å². The fourth-order valence-electron chi connectivity index (χ4n) is 3.16. The van der Waals surface area contributed by atoms with Crippen molar-refractivity contribution in [2.75, 3.05) is 13.1 Å². The molecule has 1 aliphatic heterocycles. The molecule has 2 aromatic rings. The van der Waals surface area contributed by atoms with Gasteiger partial charge in [0.15, 0.2) is 0 Å². The normalized spacial score (nSPS) is 17.8. The first kappa shape index (κ1) is 16.7. The van der Waals surface area contributed by atoms with Crippen LogP contribution in [0.3, 0.4) is 0 Å². The summed E-state index contributed by atoms with van der Waals surface area (Å²) in [5.41, 5.74) is 0.308. The van der Waals surface area contributed by atoms with E-state index in [4.69, 9.17) is 4.74 Å². The first-order chi connectivity index (χ1) is 11.3. The van der Waals surface area contributed by atoms with Gasteiger partial charge < -0.3 is 14.7 Å². The Labute approximate surface area is 142 Å². The van der Waals surface area contributed by atoms with Crippen LogP contribution in [0.2, 0.25) is 0 Å². The number of hydrogen-bond donors (Lipinski definition) is 1. The summed E-state index contributed by atoms with van der Waals surface area (Å²) in [5.74, 6) is 0. The van der Waals surface area contributed by atoms with Crippen molar-refractivity contribution in [3.05, 3.63) is 42.1 Å². The molecule has 5 heteroatoms. The molecule has 1 aromatic carbocycles. The first-order valence-corrected chi connectivity index (χ1v) is 8.33. The third-order valence-corrected chi connectivity index (χ3v) is 4.39. The predicted molar refractivity (Wildman–Crippen MR) is 92.7 cm³/mol. The van der Waals surface area contributed by atoms with Gasteiger partial charge in [0.05, 0.1) is 11.1 Å². The zero-order valence-electron chi connectivity index (χ0n) is 14.5. The van der Waals surface area contributed by atoms with Crippen LogP contribution in [-0.2, 0) is 10.3 Å². The number of aliphatic hydroxyl groups is 1. The summed E-state index contributed by atoms with van der Waals surface area (Å²) in [6, 6.07) is 9.68. The van der Waals surface area contributed by atoms with Gasteiger partial charge in [0.2, 0.25) is 0 Å². The topological polar surface area (TPSA) is 62.7 Å². The zero-order valence-corrected chi connectivity index (χ0v) is 14.5. The second-order valence-electron chi connectivity index (χ2n) is 7.37. The second-order valence-corrected chi connectivity index (χ2v) is 7.37. The van der Waals surface area contributed by atoms with Crippen molar-refractivity contribution in [2.24, 2.45) is 0 Å². The van der Waals surface area contributed by atoms with E-state index in [1.807, 2.05) is 51.1 Å². The molecule has 0 atom stereocenters. The second kappa shape index (κ2) is 6.06. The van der Waals surface area contributed by atoms with Crippen LogP contribution in [0.4, 0.5) is 4.79 Å². The molecule has 1 saturated heterocycles. The molecule has 24 heavy (non-hydrogen) atoms. The SMILES string of the molecule is CC(C)(C)OC(=O)N1CCC(O)(c2cccc3ncccc23)CC1. The summed E-state index contributed by atoms with van der Waals surface area (Å²) in [6.07, 6.45) is 2.41. The van der Waals surface area contributed by atoms with Gasteiger partial charge in [-0.25, -0.2) is 4.79 Å². The molecule has 0 radical (unpaired) electrons. The Hall–Kier alpha value is -2.14. The molecular weight excluding hydrogens is 304 g/mol. The van der Waals surface area contributed by atoms with E-state index in [2.05, 4.69) is 4.98 Å². The van der Waals surface area contributed by atoms with E-state index < -0.39 is 11.2 Å². The van der Waals surface area contributed by atoms with E-state index in [-0.39, 0.29) is 6.09 Å². The van der Waals surface area contributed by atoms with Crippen molar-refractivity contribution in [3.8, 4) is 0 Å². The maximum atomic E-state index is 12.2. The number of amides is 1. The number of hydrogen-bond acceptors (Lipinski definition) is 4. The van der Waals surface area contributed by atoms with Gasteiger partial charge in [-0.3, -0.25) is 4.98 Å². The third kappa shape index (κ3) is 3.36. The summed E-state index contributed by atoms with van der Waals surface area (Å²) >= 11 is 0. The maximum Gasteiger partial charge on any atom is 0.410 e. The standard InChI is InChI=1S/C19H24N2O3/c1-18(2,3)24-17(22)21-12-9-19(23,10-13-21)15-7-4-8-16-14(15)6-5-11-20-16/h4-8,11,23H,9-10,12-13H2,1-3H3. The number of carbonyl (C=O) groups excluding carboxylic acids is 1.